The number of carboxylic acids is 1. The summed E-state index contributed by atoms with van der Waals surface area (Å²) in [6.45, 7) is 0. The van der Waals surface area contributed by atoms with Gasteiger partial charge in [0.2, 0.25) is 0 Å². The molecule has 0 saturated carbocycles. The maximum absolute atomic E-state index is 11.1. The molecule has 0 saturated heterocycles. The zero-order chi connectivity index (χ0) is 11.9. The molecule has 0 radical (unpaired) electrons. The van der Waals surface area contributed by atoms with Crippen molar-refractivity contribution in [1.29, 1.82) is 0 Å². The largest absolute Gasteiger partial charge is 0.496 e. The van der Waals surface area contributed by atoms with Crippen molar-refractivity contribution in [2.75, 3.05) is 7.11 Å². The molecule has 2 rings (SSSR count). The van der Waals surface area contributed by atoms with E-state index in [0.717, 1.165) is 11.1 Å². The first-order valence-electron chi connectivity index (χ1n) is 4.87. The van der Waals surface area contributed by atoms with E-state index in [0.29, 0.717) is 23.1 Å². The van der Waals surface area contributed by atoms with E-state index in [2.05, 4.69) is 15.9 Å². The molecule has 86 valence electrons. The van der Waals surface area contributed by atoms with E-state index in [1.54, 1.807) is 0 Å². The normalized spacial score (nSPS) is 18.3. The Morgan fingerprint density at radius 1 is 1.62 bits per heavy atom. The van der Waals surface area contributed by atoms with Crippen LogP contribution in [0.5, 0.6) is 5.75 Å². The predicted octanol–water partition coefficient (Wildman–Crippen LogP) is 2.14. The fourth-order valence-corrected chi connectivity index (χ4v) is 2.86. The van der Waals surface area contributed by atoms with Gasteiger partial charge in [-0.05, 0) is 18.9 Å². The molecule has 1 aliphatic rings. The Hall–Kier alpha value is -1.07. The van der Waals surface area contributed by atoms with Crippen molar-refractivity contribution in [1.82, 2.24) is 0 Å². The van der Waals surface area contributed by atoms with Crippen LogP contribution in [-0.4, -0.2) is 23.3 Å². The highest BCUT2D eigenvalue weighted by Gasteiger charge is 2.29. The smallest absolute Gasteiger partial charge is 0.339 e. The van der Waals surface area contributed by atoms with Crippen LogP contribution in [0.1, 0.15) is 34.0 Å². The molecule has 0 fully saturated rings. The molecule has 1 aliphatic carbocycles. The molecular weight excluding hydrogens is 276 g/mol. The van der Waals surface area contributed by atoms with E-state index >= 15 is 0 Å². The number of aromatic carboxylic acids is 1. The highest BCUT2D eigenvalue weighted by atomic mass is 79.9. The third kappa shape index (κ3) is 1.60. The van der Waals surface area contributed by atoms with Crippen molar-refractivity contribution >= 4 is 21.9 Å². The molecular formula is C11H11BrO4. The Balaban J connectivity index is 2.70. The molecule has 16 heavy (non-hydrogen) atoms. The van der Waals surface area contributed by atoms with Gasteiger partial charge in [-0.3, -0.25) is 0 Å². The van der Waals surface area contributed by atoms with Crippen LogP contribution in [0, 0.1) is 0 Å². The fourth-order valence-electron chi connectivity index (χ4n) is 2.12. The molecule has 5 heteroatoms. The average Bonchev–Trinajstić information content (AvgIpc) is 2.61. The minimum absolute atomic E-state index is 0.127. The van der Waals surface area contributed by atoms with E-state index in [9.17, 15) is 9.90 Å². The predicted molar refractivity (Wildman–Crippen MR) is 60.9 cm³/mol. The number of carbonyl (C=O) groups is 1. The second kappa shape index (κ2) is 4.07. The van der Waals surface area contributed by atoms with Crippen LogP contribution in [0.25, 0.3) is 0 Å². The summed E-state index contributed by atoms with van der Waals surface area (Å²) >= 11 is 3.29. The SMILES string of the molecule is COc1c(C(=O)O)cc(Br)c2c1CCC2O. The van der Waals surface area contributed by atoms with Gasteiger partial charge in [0.05, 0.1) is 13.2 Å². The third-order valence-corrected chi connectivity index (χ3v) is 3.46. The molecule has 1 aromatic rings. The molecule has 4 nitrogen and oxygen atoms in total. The second-order valence-corrected chi connectivity index (χ2v) is 4.55. The van der Waals surface area contributed by atoms with Crippen molar-refractivity contribution in [3.63, 3.8) is 0 Å². The first kappa shape index (κ1) is 11.4. The van der Waals surface area contributed by atoms with E-state index < -0.39 is 12.1 Å². The maximum Gasteiger partial charge on any atom is 0.339 e. The monoisotopic (exact) mass is 286 g/mol. The Kier molecular flexibility index (Phi) is 2.90. The summed E-state index contributed by atoms with van der Waals surface area (Å²) in [7, 11) is 1.45. The number of aliphatic hydroxyl groups is 1. The fraction of sp³-hybridized carbons (Fsp3) is 0.364. The van der Waals surface area contributed by atoms with Crippen molar-refractivity contribution in [3.05, 3.63) is 27.2 Å². The first-order valence-corrected chi connectivity index (χ1v) is 5.66. The number of benzene rings is 1. The third-order valence-electron chi connectivity index (χ3n) is 2.81. The van der Waals surface area contributed by atoms with Gasteiger partial charge in [-0.1, -0.05) is 15.9 Å². The summed E-state index contributed by atoms with van der Waals surface area (Å²) in [5, 5.41) is 18.8. The molecule has 0 amide bonds. The lowest BCUT2D eigenvalue weighted by molar-refractivity contribution is 0.0693. The number of hydrogen-bond donors (Lipinski definition) is 2. The Morgan fingerprint density at radius 2 is 2.31 bits per heavy atom. The topological polar surface area (TPSA) is 66.8 Å². The molecule has 0 aromatic heterocycles. The second-order valence-electron chi connectivity index (χ2n) is 3.69. The lowest BCUT2D eigenvalue weighted by Gasteiger charge is -2.13. The van der Waals surface area contributed by atoms with Gasteiger partial charge in [-0.15, -0.1) is 0 Å². The van der Waals surface area contributed by atoms with Crippen LogP contribution in [0.2, 0.25) is 0 Å². The van der Waals surface area contributed by atoms with Gasteiger partial charge in [-0.25, -0.2) is 4.79 Å². The summed E-state index contributed by atoms with van der Waals surface area (Å²) in [6, 6.07) is 1.48. The van der Waals surface area contributed by atoms with Crippen molar-refractivity contribution in [2.45, 2.75) is 18.9 Å². The number of aliphatic hydroxyl groups excluding tert-OH is 1. The molecule has 0 heterocycles. The Labute approximate surface area is 101 Å². The number of ether oxygens (including phenoxy) is 1. The quantitative estimate of drug-likeness (QED) is 0.874. The van der Waals surface area contributed by atoms with Crippen LogP contribution >= 0.6 is 15.9 Å². The summed E-state index contributed by atoms with van der Waals surface area (Å²) < 4.78 is 5.77. The Bertz CT molecular complexity index is 456. The molecule has 2 N–H and O–H groups in total. The van der Waals surface area contributed by atoms with Gasteiger partial charge in [0, 0.05) is 15.6 Å². The van der Waals surface area contributed by atoms with E-state index in [1.165, 1.54) is 13.2 Å². The highest BCUT2D eigenvalue weighted by Crippen LogP contribution is 2.43. The van der Waals surface area contributed by atoms with Gasteiger partial charge in [-0.2, -0.15) is 0 Å². The summed E-state index contributed by atoms with van der Waals surface area (Å²) in [5.41, 5.74) is 1.67. The van der Waals surface area contributed by atoms with Crippen LogP contribution in [0.15, 0.2) is 10.5 Å². The lowest BCUT2D eigenvalue weighted by atomic mass is 10.0. The van der Waals surface area contributed by atoms with Gasteiger partial charge in [0.25, 0.3) is 0 Å². The van der Waals surface area contributed by atoms with Crippen molar-refractivity contribution in [2.24, 2.45) is 0 Å². The zero-order valence-electron chi connectivity index (χ0n) is 8.66. The number of halogens is 1. The Morgan fingerprint density at radius 3 is 2.88 bits per heavy atom. The van der Waals surface area contributed by atoms with Crippen LogP contribution in [-0.2, 0) is 6.42 Å². The van der Waals surface area contributed by atoms with Crippen LogP contribution < -0.4 is 4.74 Å². The molecule has 1 atom stereocenters. The minimum atomic E-state index is -1.03. The van der Waals surface area contributed by atoms with Gasteiger partial charge in [0.1, 0.15) is 11.3 Å². The van der Waals surface area contributed by atoms with E-state index in [1.807, 2.05) is 0 Å². The summed E-state index contributed by atoms with van der Waals surface area (Å²) in [4.78, 5) is 11.1. The lowest BCUT2D eigenvalue weighted by Crippen LogP contribution is -2.05. The standard InChI is InChI=1S/C11H11BrO4/c1-16-10-5-2-3-8(13)9(5)7(12)4-6(10)11(14)15/h4,8,13H,2-3H2,1H3,(H,14,15). The number of carboxylic acid groups (broad SMARTS) is 1. The zero-order valence-corrected chi connectivity index (χ0v) is 10.2. The molecule has 1 aromatic carbocycles. The van der Waals surface area contributed by atoms with Gasteiger partial charge in [0.15, 0.2) is 0 Å². The molecule has 0 spiro atoms. The summed E-state index contributed by atoms with van der Waals surface area (Å²) in [6.07, 6.45) is 0.702. The number of rotatable bonds is 2. The van der Waals surface area contributed by atoms with Gasteiger partial charge < -0.3 is 14.9 Å². The average molecular weight is 287 g/mol. The maximum atomic E-state index is 11.1. The molecule has 0 aliphatic heterocycles. The van der Waals surface area contributed by atoms with Crippen molar-refractivity contribution in [3.8, 4) is 5.75 Å². The molecule has 0 bridgehead atoms. The number of fused-ring (bicyclic) bond motifs is 1. The van der Waals surface area contributed by atoms with E-state index in [-0.39, 0.29) is 5.56 Å². The number of methoxy groups -OCH3 is 1. The van der Waals surface area contributed by atoms with Crippen molar-refractivity contribution < 1.29 is 19.7 Å². The van der Waals surface area contributed by atoms with Gasteiger partial charge >= 0.3 is 5.97 Å². The molecule has 1 unspecified atom stereocenters. The summed E-state index contributed by atoms with van der Waals surface area (Å²) in [5.74, 6) is -0.663. The highest BCUT2D eigenvalue weighted by molar-refractivity contribution is 9.10. The first-order chi connectivity index (χ1) is 7.56. The number of hydrogen-bond acceptors (Lipinski definition) is 3. The van der Waals surface area contributed by atoms with E-state index in [4.69, 9.17) is 9.84 Å². The minimum Gasteiger partial charge on any atom is -0.496 e. The van der Waals surface area contributed by atoms with Crippen LogP contribution in [0.4, 0.5) is 0 Å². The van der Waals surface area contributed by atoms with Crippen LogP contribution in [0.3, 0.4) is 0 Å².